The van der Waals surface area contributed by atoms with Gasteiger partial charge < -0.3 is 10.2 Å². The number of hydrogen-bond acceptors (Lipinski definition) is 6. The van der Waals surface area contributed by atoms with Crippen molar-refractivity contribution in [1.29, 1.82) is 0 Å². The zero-order valence-corrected chi connectivity index (χ0v) is 19.3. The smallest absolute Gasteiger partial charge is 0.237 e. The normalized spacial score (nSPS) is 15.4. The molecule has 1 aliphatic rings. The van der Waals surface area contributed by atoms with E-state index in [0.29, 0.717) is 22.4 Å². The molecule has 2 aromatic carbocycles. The van der Waals surface area contributed by atoms with E-state index in [1.807, 2.05) is 78.2 Å². The van der Waals surface area contributed by atoms with Crippen molar-refractivity contribution in [2.45, 2.75) is 24.5 Å². The average Bonchev–Trinajstić information content (AvgIpc) is 3.23. The molecule has 0 aliphatic carbocycles. The third-order valence-electron chi connectivity index (χ3n) is 5.54. The second kappa shape index (κ2) is 9.48. The molecule has 2 aromatic heterocycles. The van der Waals surface area contributed by atoms with Gasteiger partial charge in [0, 0.05) is 36.1 Å². The number of rotatable bonds is 5. The minimum Gasteiger partial charge on any atom is -0.324 e. The maximum atomic E-state index is 13.4. The van der Waals surface area contributed by atoms with E-state index >= 15 is 0 Å². The van der Waals surface area contributed by atoms with Crippen LogP contribution >= 0.6 is 11.8 Å². The van der Waals surface area contributed by atoms with Crippen LogP contribution in [0, 0.1) is 0 Å². The lowest BCUT2D eigenvalue weighted by Crippen LogP contribution is -2.40. The molecule has 5 rings (SSSR count). The second-order valence-corrected chi connectivity index (χ2v) is 8.83. The van der Waals surface area contributed by atoms with Gasteiger partial charge in [-0.2, -0.15) is 0 Å². The molecule has 0 spiro atoms. The first kappa shape index (κ1) is 21.8. The van der Waals surface area contributed by atoms with Gasteiger partial charge in [0.05, 0.1) is 17.1 Å². The van der Waals surface area contributed by atoms with Crippen LogP contribution < -0.4 is 10.2 Å². The molecule has 1 atom stereocenters. The van der Waals surface area contributed by atoms with Crippen molar-refractivity contribution in [1.82, 2.24) is 19.7 Å². The number of carbonyl (C=O) groups is 2. The van der Waals surface area contributed by atoms with Crippen LogP contribution in [0.1, 0.15) is 13.3 Å². The fourth-order valence-corrected chi connectivity index (χ4v) is 4.84. The van der Waals surface area contributed by atoms with Crippen LogP contribution in [-0.2, 0) is 9.59 Å². The Balaban J connectivity index is 1.45. The van der Waals surface area contributed by atoms with Gasteiger partial charge in [0.25, 0.3) is 0 Å². The molecule has 4 aromatic rings. The Bertz CT molecular complexity index is 1330. The van der Waals surface area contributed by atoms with E-state index in [1.165, 1.54) is 11.8 Å². The van der Waals surface area contributed by atoms with E-state index in [0.717, 1.165) is 11.3 Å². The number of para-hydroxylation sites is 3. The highest BCUT2D eigenvalue weighted by Crippen LogP contribution is 2.33. The largest absolute Gasteiger partial charge is 0.324 e. The summed E-state index contributed by atoms with van der Waals surface area (Å²) in [6, 6.07) is 20.7. The van der Waals surface area contributed by atoms with Crippen LogP contribution in [0.3, 0.4) is 0 Å². The number of hydrogen-bond donors (Lipinski definition) is 1. The summed E-state index contributed by atoms with van der Waals surface area (Å²) in [6.45, 7) is 1.89. The zero-order chi connectivity index (χ0) is 23.5. The number of aromatic nitrogens is 4. The molecule has 8 nitrogen and oxygen atoms in total. The summed E-state index contributed by atoms with van der Waals surface area (Å²) >= 11 is 1.32. The molecule has 1 aliphatic heterocycles. The molecule has 0 saturated carbocycles. The van der Waals surface area contributed by atoms with Gasteiger partial charge in [-0.3, -0.25) is 19.1 Å². The molecule has 1 N–H and O–H groups in total. The number of fused-ring (bicyclic) bond motifs is 1. The molecule has 170 valence electrons. The number of benzene rings is 2. The molecule has 9 heteroatoms. The van der Waals surface area contributed by atoms with Gasteiger partial charge in [0.15, 0.2) is 11.0 Å². The summed E-state index contributed by atoms with van der Waals surface area (Å²) in [6.07, 6.45) is 3.66. The predicted octanol–water partition coefficient (Wildman–Crippen LogP) is 4.19. The molecule has 3 heterocycles. The Kier molecular flexibility index (Phi) is 6.09. The second-order valence-electron chi connectivity index (χ2n) is 7.88. The summed E-state index contributed by atoms with van der Waals surface area (Å²) in [5, 5.41) is 12.3. The Morgan fingerprint density at radius 3 is 2.56 bits per heavy atom. The fourth-order valence-electron chi connectivity index (χ4n) is 4.02. The lowest BCUT2D eigenvalue weighted by Gasteiger charge is -2.27. The van der Waals surface area contributed by atoms with Crippen molar-refractivity contribution in [2.75, 3.05) is 16.0 Å². The number of pyridine rings is 1. The average molecular weight is 471 g/mol. The highest BCUT2D eigenvalue weighted by Gasteiger charge is 2.30. The third kappa shape index (κ3) is 4.29. The summed E-state index contributed by atoms with van der Waals surface area (Å²) < 4.78 is 1.94. The van der Waals surface area contributed by atoms with Crippen LogP contribution in [0.15, 0.2) is 84.3 Å². The van der Waals surface area contributed by atoms with Gasteiger partial charge in [-0.25, -0.2) is 0 Å². The van der Waals surface area contributed by atoms with Crippen molar-refractivity contribution in [3.63, 3.8) is 0 Å². The molecule has 0 bridgehead atoms. The van der Waals surface area contributed by atoms with E-state index in [-0.39, 0.29) is 30.0 Å². The standard InChI is InChI=1S/C25H22N6O2S/c1-17-15-22(32)27-20-9-5-6-10-21(20)30(17)23(33)16-34-25-29-28-24(18-11-13-26-14-12-18)31(25)19-7-3-2-4-8-19/h2-14,17H,15-16H2,1H3,(H,27,32)/t17-/m0/s1. The number of carbonyl (C=O) groups excluding carboxylic acids is 2. The lowest BCUT2D eigenvalue weighted by atomic mass is 10.2. The third-order valence-corrected chi connectivity index (χ3v) is 6.45. The van der Waals surface area contributed by atoms with Crippen LogP contribution in [-0.4, -0.2) is 43.4 Å². The van der Waals surface area contributed by atoms with Gasteiger partial charge in [0.1, 0.15) is 0 Å². The molecule has 34 heavy (non-hydrogen) atoms. The van der Waals surface area contributed by atoms with Crippen LogP contribution in [0.25, 0.3) is 17.1 Å². The number of amides is 2. The highest BCUT2D eigenvalue weighted by atomic mass is 32.2. The number of anilines is 2. The monoisotopic (exact) mass is 470 g/mol. The Morgan fingerprint density at radius 2 is 1.76 bits per heavy atom. The van der Waals surface area contributed by atoms with Gasteiger partial charge >= 0.3 is 0 Å². The summed E-state index contributed by atoms with van der Waals surface area (Å²) in [5.41, 5.74) is 3.12. The summed E-state index contributed by atoms with van der Waals surface area (Å²) in [5.74, 6) is 0.615. The lowest BCUT2D eigenvalue weighted by molar-refractivity contribution is -0.117. The number of nitrogens with zero attached hydrogens (tertiary/aromatic N) is 5. The maximum absolute atomic E-state index is 13.4. The van der Waals surface area contributed by atoms with Crippen molar-refractivity contribution in [3.05, 3.63) is 79.1 Å². The van der Waals surface area contributed by atoms with E-state index < -0.39 is 0 Å². The molecule has 0 unspecified atom stereocenters. The Labute approximate surface area is 201 Å². The number of nitrogens with one attached hydrogen (secondary N) is 1. The van der Waals surface area contributed by atoms with Gasteiger partial charge in [-0.05, 0) is 43.3 Å². The van der Waals surface area contributed by atoms with Gasteiger partial charge in [-0.15, -0.1) is 10.2 Å². The van der Waals surface area contributed by atoms with Crippen LogP contribution in [0.4, 0.5) is 11.4 Å². The van der Waals surface area contributed by atoms with Crippen molar-refractivity contribution in [2.24, 2.45) is 0 Å². The first-order chi connectivity index (χ1) is 16.6. The first-order valence-corrected chi connectivity index (χ1v) is 11.9. The van der Waals surface area contributed by atoms with E-state index in [9.17, 15) is 9.59 Å². The van der Waals surface area contributed by atoms with E-state index in [2.05, 4.69) is 20.5 Å². The molecule has 0 radical (unpaired) electrons. The molecule has 0 saturated heterocycles. The highest BCUT2D eigenvalue weighted by molar-refractivity contribution is 7.99. The molecular weight excluding hydrogens is 448 g/mol. The van der Waals surface area contributed by atoms with Crippen LogP contribution in [0.2, 0.25) is 0 Å². The van der Waals surface area contributed by atoms with Crippen molar-refractivity contribution in [3.8, 4) is 17.1 Å². The minimum atomic E-state index is -0.267. The van der Waals surface area contributed by atoms with Gasteiger partial charge in [-0.1, -0.05) is 42.1 Å². The predicted molar refractivity (Wildman–Crippen MR) is 132 cm³/mol. The summed E-state index contributed by atoms with van der Waals surface area (Å²) in [7, 11) is 0. The zero-order valence-electron chi connectivity index (χ0n) is 18.5. The first-order valence-electron chi connectivity index (χ1n) is 10.9. The SMILES string of the molecule is C[C@H]1CC(=O)Nc2ccccc2N1C(=O)CSc1nnc(-c2ccncc2)n1-c1ccccc1. The van der Waals surface area contributed by atoms with Gasteiger partial charge in [0.2, 0.25) is 11.8 Å². The molecule has 2 amide bonds. The van der Waals surface area contributed by atoms with E-state index in [4.69, 9.17) is 0 Å². The Morgan fingerprint density at radius 1 is 1.03 bits per heavy atom. The minimum absolute atomic E-state index is 0.102. The van der Waals surface area contributed by atoms with Crippen molar-refractivity contribution >= 4 is 35.0 Å². The van der Waals surface area contributed by atoms with Crippen LogP contribution in [0.5, 0.6) is 0 Å². The molecule has 0 fully saturated rings. The number of thioether (sulfide) groups is 1. The maximum Gasteiger partial charge on any atom is 0.237 e. The molecular formula is C25H22N6O2S. The topological polar surface area (TPSA) is 93.0 Å². The van der Waals surface area contributed by atoms with Crippen molar-refractivity contribution < 1.29 is 9.59 Å². The quantitative estimate of drug-likeness (QED) is 0.440. The Hall–Kier alpha value is -3.98. The van der Waals surface area contributed by atoms with E-state index in [1.54, 1.807) is 17.3 Å². The summed E-state index contributed by atoms with van der Waals surface area (Å²) in [4.78, 5) is 31.5. The fraction of sp³-hybridized carbons (Fsp3) is 0.160.